The molecule has 5 nitrogen and oxygen atoms in total. The van der Waals surface area contributed by atoms with Gasteiger partial charge < -0.3 is 10.2 Å². The van der Waals surface area contributed by atoms with E-state index in [2.05, 4.69) is 12.2 Å². The average molecular weight is 316 g/mol. The molecule has 2 aliphatic rings. The van der Waals surface area contributed by atoms with Crippen molar-refractivity contribution in [2.24, 2.45) is 5.92 Å². The Morgan fingerprint density at radius 2 is 1.86 bits per heavy atom. The minimum atomic E-state index is -2.93. The maximum atomic E-state index is 12.3. The third kappa shape index (κ3) is 4.59. The van der Waals surface area contributed by atoms with E-state index in [0.717, 1.165) is 38.8 Å². The molecular formula is C15H28N2O3S. The molecule has 1 aliphatic heterocycles. The van der Waals surface area contributed by atoms with E-state index in [1.54, 1.807) is 0 Å². The van der Waals surface area contributed by atoms with E-state index >= 15 is 0 Å². The molecule has 1 atom stereocenters. The van der Waals surface area contributed by atoms with E-state index < -0.39 is 9.84 Å². The number of piperidine rings is 1. The number of hydrogen-bond donors (Lipinski definition) is 1. The summed E-state index contributed by atoms with van der Waals surface area (Å²) in [7, 11) is -2.93. The molecule has 0 aromatic carbocycles. The molecule has 1 saturated heterocycles. The fourth-order valence-electron chi connectivity index (χ4n) is 3.48. The molecule has 0 aromatic rings. The van der Waals surface area contributed by atoms with Crippen molar-refractivity contribution < 1.29 is 13.2 Å². The first-order chi connectivity index (χ1) is 9.90. The van der Waals surface area contributed by atoms with Crippen LogP contribution in [0.3, 0.4) is 0 Å². The molecule has 2 rings (SSSR count). The van der Waals surface area contributed by atoms with Crippen molar-refractivity contribution in [2.75, 3.05) is 19.3 Å². The highest BCUT2D eigenvalue weighted by Crippen LogP contribution is 2.24. The molecule has 122 valence electrons. The van der Waals surface area contributed by atoms with Crippen LogP contribution in [0.1, 0.15) is 51.9 Å². The van der Waals surface area contributed by atoms with Gasteiger partial charge in [0.1, 0.15) is 9.84 Å². The summed E-state index contributed by atoms with van der Waals surface area (Å²) < 4.78 is 23.1. The largest absolute Gasteiger partial charge is 0.335 e. The van der Waals surface area contributed by atoms with Crippen LogP contribution >= 0.6 is 0 Å². The number of amides is 2. The first-order valence-corrected chi connectivity index (χ1v) is 10.1. The number of rotatable bonds is 3. The van der Waals surface area contributed by atoms with Gasteiger partial charge in [0.2, 0.25) is 0 Å². The summed E-state index contributed by atoms with van der Waals surface area (Å²) in [6, 6.07) is 0.174. The van der Waals surface area contributed by atoms with Crippen LogP contribution in [0.25, 0.3) is 0 Å². The van der Waals surface area contributed by atoms with Gasteiger partial charge in [-0.2, -0.15) is 0 Å². The van der Waals surface area contributed by atoms with Gasteiger partial charge in [0, 0.05) is 25.4 Å². The Bertz CT molecular complexity index is 456. The highest BCUT2D eigenvalue weighted by atomic mass is 32.2. The monoisotopic (exact) mass is 316 g/mol. The summed E-state index contributed by atoms with van der Waals surface area (Å²) in [5, 5.41) is 2.88. The Balaban J connectivity index is 1.79. The molecule has 6 heteroatoms. The second-order valence-electron chi connectivity index (χ2n) is 6.62. The SMILES string of the molecule is CCC1CCCN(C(=O)NC2CCC(S(C)(=O)=O)CC2)C1. The summed E-state index contributed by atoms with van der Waals surface area (Å²) in [6.07, 6.45) is 7.64. The molecule has 1 N–H and O–H groups in total. The van der Waals surface area contributed by atoms with E-state index in [1.165, 1.54) is 12.7 Å². The predicted molar refractivity (Wildman–Crippen MR) is 84.0 cm³/mol. The normalized spacial score (nSPS) is 31.0. The van der Waals surface area contributed by atoms with Crippen molar-refractivity contribution in [3.8, 4) is 0 Å². The summed E-state index contributed by atoms with van der Waals surface area (Å²) in [6.45, 7) is 3.89. The van der Waals surface area contributed by atoms with Gasteiger partial charge in [-0.3, -0.25) is 0 Å². The first-order valence-electron chi connectivity index (χ1n) is 8.14. The number of nitrogens with one attached hydrogen (secondary N) is 1. The molecule has 2 amide bonds. The van der Waals surface area contributed by atoms with Crippen molar-refractivity contribution in [2.45, 2.75) is 63.2 Å². The van der Waals surface area contributed by atoms with Crippen molar-refractivity contribution >= 4 is 15.9 Å². The van der Waals surface area contributed by atoms with Gasteiger partial charge in [-0.1, -0.05) is 13.3 Å². The van der Waals surface area contributed by atoms with Crippen molar-refractivity contribution in [1.82, 2.24) is 10.2 Å². The number of urea groups is 1. The quantitative estimate of drug-likeness (QED) is 0.868. The molecule has 0 radical (unpaired) electrons. The number of hydrogen-bond acceptors (Lipinski definition) is 3. The smallest absolute Gasteiger partial charge is 0.317 e. The maximum absolute atomic E-state index is 12.3. The lowest BCUT2D eigenvalue weighted by Gasteiger charge is -2.35. The zero-order valence-corrected chi connectivity index (χ0v) is 14.0. The van der Waals surface area contributed by atoms with Gasteiger partial charge in [0.15, 0.2) is 0 Å². The molecule has 21 heavy (non-hydrogen) atoms. The Morgan fingerprint density at radius 1 is 1.19 bits per heavy atom. The van der Waals surface area contributed by atoms with Crippen molar-refractivity contribution in [3.63, 3.8) is 0 Å². The average Bonchev–Trinajstić information content (AvgIpc) is 2.47. The second-order valence-corrected chi connectivity index (χ2v) is 8.94. The van der Waals surface area contributed by atoms with E-state index in [9.17, 15) is 13.2 Å². The van der Waals surface area contributed by atoms with Gasteiger partial charge in [-0.25, -0.2) is 13.2 Å². The molecule has 1 aliphatic carbocycles. The molecule has 0 bridgehead atoms. The summed E-state index contributed by atoms with van der Waals surface area (Å²) in [4.78, 5) is 14.2. The van der Waals surface area contributed by atoms with Crippen LogP contribution in [0.2, 0.25) is 0 Å². The molecular weight excluding hydrogens is 288 g/mol. The highest BCUT2D eigenvalue weighted by molar-refractivity contribution is 7.91. The minimum Gasteiger partial charge on any atom is -0.335 e. The van der Waals surface area contributed by atoms with Crippen LogP contribution in [0, 0.1) is 5.92 Å². The number of sulfone groups is 1. The molecule has 1 saturated carbocycles. The Hall–Kier alpha value is -0.780. The van der Waals surface area contributed by atoms with Crippen LogP contribution in [-0.4, -0.2) is 50.0 Å². The van der Waals surface area contributed by atoms with Gasteiger partial charge in [0.05, 0.1) is 5.25 Å². The van der Waals surface area contributed by atoms with E-state index in [4.69, 9.17) is 0 Å². The molecule has 1 heterocycles. The lowest BCUT2D eigenvalue weighted by Crippen LogP contribution is -2.49. The Morgan fingerprint density at radius 3 is 2.43 bits per heavy atom. The molecule has 0 aromatic heterocycles. The van der Waals surface area contributed by atoms with Gasteiger partial charge in [0.25, 0.3) is 0 Å². The zero-order chi connectivity index (χ0) is 15.5. The lowest BCUT2D eigenvalue weighted by molar-refractivity contribution is 0.158. The van der Waals surface area contributed by atoms with Crippen LogP contribution in [0.4, 0.5) is 4.79 Å². The third-order valence-electron chi connectivity index (χ3n) is 4.99. The van der Waals surface area contributed by atoms with E-state index in [1.807, 2.05) is 4.90 Å². The molecule has 1 unspecified atom stereocenters. The fraction of sp³-hybridized carbons (Fsp3) is 0.933. The highest BCUT2D eigenvalue weighted by Gasteiger charge is 2.30. The summed E-state index contributed by atoms with van der Waals surface area (Å²) in [5.41, 5.74) is 0. The number of likely N-dealkylation sites (tertiary alicyclic amines) is 1. The fourth-order valence-corrected chi connectivity index (χ4v) is 4.61. The van der Waals surface area contributed by atoms with E-state index in [-0.39, 0.29) is 17.3 Å². The minimum absolute atomic E-state index is 0.0379. The topological polar surface area (TPSA) is 66.5 Å². The maximum Gasteiger partial charge on any atom is 0.317 e. The van der Waals surface area contributed by atoms with Crippen LogP contribution < -0.4 is 5.32 Å². The Kier molecular flexibility index (Phi) is 5.52. The van der Waals surface area contributed by atoms with Crippen molar-refractivity contribution in [1.29, 1.82) is 0 Å². The molecule has 2 fully saturated rings. The lowest BCUT2D eigenvalue weighted by atomic mass is 9.94. The van der Waals surface area contributed by atoms with Gasteiger partial charge in [-0.15, -0.1) is 0 Å². The number of carbonyl (C=O) groups excluding carboxylic acids is 1. The van der Waals surface area contributed by atoms with Crippen LogP contribution in [0.5, 0.6) is 0 Å². The van der Waals surface area contributed by atoms with Crippen LogP contribution in [0.15, 0.2) is 0 Å². The summed E-state index contributed by atoms with van der Waals surface area (Å²) >= 11 is 0. The van der Waals surface area contributed by atoms with Gasteiger partial charge in [-0.05, 0) is 44.4 Å². The van der Waals surface area contributed by atoms with Crippen LogP contribution in [-0.2, 0) is 9.84 Å². The van der Waals surface area contributed by atoms with Crippen molar-refractivity contribution in [3.05, 3.63) is 0 Å². The molecule has 0 spiro atoms. The third-order valence-corrected chi connectivity index (χ3v) is 6.67. The first kappa shape index (κ1) is 16.6. The Labute approximate surface area is 128 Å². The van der Waals surface area contributed by atoms with Gasteiger partial charge >= 0.3 is 6.03 Å². The standard InChI is InChI=1S/C15H28N2O3S/c1-3-12-5-4-10-17(11-12)15(18)16-13-6-8-14(9-7-13)21(2,19)20/h12-14H,3-11H2,1-2H3,(H,16,18). The van der Waals surface area contributed by atoms with E-state index in [0.29, 0.717) is 18.8 Å². The zero-order valence-electron chi connectivity index (χ0n) is 13.2. The number of nitrogens with zero attached hydrogens (tertiary/aromatic N) is 1. The second kappa shape index (κ2) is 6.99. The summed E-state index contributed by atoms with van der Waals surface area (Å²) in [5.74, 6) is 0.630. The predicted octanol–water partition coefficient (Wildman–Crippen LogP) is 2.17. The number of carbonyl (C=O) groups is 1.